The van der Waals surface area contributed by atoms with Gasteiger partial charge in [-0.05, 0) is 18.6 Å². The molecule has 0 aromatic heterocycles. The topological polar surface area (TPSA) is 58.4 Å². The van der Waals surface area contributed by atoms with E-state index in [0.29, 0.717) is 6.42 Å². The number of amides is 1. The third-order valence-corrected chi connectivity index (χ3v) is 2.83. The highest BCUT2D eigenvalue weighted by atomic mass is 16.1. The van der Waals surface area contributed by atoms with E-state index in [2.05, 4.69) is 22.3 Å². The van der Waals surface area contributed by atoms with E-state index in [1.54, 1.807) is 0 Å². The molecule has 0 saturated carbocycles. The average molecular weight is 249 g/mol. The SMILES string of the molecule is CC(C)NC(CCN(C)c1ccccc1)C(N)=O. The molecule has 1 aromatic rings. The molecule has 0 aliphatic rings. The maximum Gasteiger partial charge on any atom is 0.234 e. The third-order valence-electron chi connectivity index (χ3n) is 2.83. The molecule has 0 spiro atoms. The second-order valence-corrected chi connectivity index (χ2v) is 4.82. The fourth-order valence-corrected chi connectivity index (χ4v) is 1.84. The largest absolute Gasteiger partial charge is 0.375 e. The number of nitrogens with zero attached hydrogens (tertiary/aromatic N) is 1. The van der Waals surface area contributed by atoms with Crippen LogP contribution < -0.4 is 16.0 Å². The summed E-state index contributed by atoms with van der Waals surface area (Å²) >= 11 is 0. The second kappa shape index (κ2) is 7.01. The Balaban J connectivity index is 2.49. The number of hydrogen-bond acceptors (Lipinski definition) is 3. The van der Waals surface area contributed by atoms with Gasteiger partial charge in [0.15, 0.2) is 0 Å². The first-order valence-electron chi connectivity index (χ1n) is 6.32. The first-order valence-corrected chi connectivity index (χ1v) is 6.32. The van der Waals surface area contributed by atoms with E-state index >= 15 is 0 Å². The molecule has 4 nitrogen and oxygen atoms in total. The zero-order valence-electron chi connectivity index (χ0n) is 11.4. The summed E-state index contributed by atoms with van der Waals surface area (Å²) in [6.07, 6.45) is 0.707. The van der Waals surface area contributed by atoms with E-state index in [4.69, 9.17) is 5.73 Å². The Labute approximate surface area is 109 Å². The second-order valence-electron chi connectivity index (χ2n) is 4.82. The van der Waals surface area contributed by atoms with Crippen molar-refractivity contribution in [1.29, 1.82) is 0 Å². The molecule has 0 fully saturated rings. The molecule has 4 heteroatoms. The van der Waals surface area contributed by atoms with Crippen molar-refractivity contribution in [3.8, 4) is 0 Å². The molecular formula is C14H23N3O. The van der Waals surface area contributed by atoms with Crippen LogP contribution in [0.5, 0.6) is 0 Å². The van der Waals surface area contributed by atoms with Gasteiger partial charge < -0.3 is 16.0 Å². The number of rotatable bonds is 7. The van der Waals surface area contributed by atoms with Gasteiger partial charge in [0.1, 0.15) is 0 Å². The molecule has 0 heterocycles. The Kier molecular flexibility index (Phi) is 5.65. The van der Waals surface area contributed by atoms with E-state index in [1.807, 2.05) is 39.1 Å². The molecule has 1 aromatic carbocycles. The van der Waals surface area contributed by atoms with Gasteiger partial charge in [-0.25, -0.2) is 0 Å². The van der Waals surface area contributed by atoms with Crippen LogP contribution in [0.15, 0.2) is 30.3 Å². The molecule has 1 atom stereocenters. The highest BCUT2D eigenvalue weighted by Gasteiger charge is 2.16. The maximum absolute atomic E-state index is 11.3. The van der Waals surface area contributed by atoms with Crippen LogP contribution in [0.4, 0.5) is 5.69 Å². The smallest absolute Gasteiger partial charge is 0.234 e. The molecule has 1 unspecified atom stereocenters. The summed E-state index contributed by atoms with van der Waals surface area (Å²) in [5.74, 6) is -0.287. The maximum atomic E-state index is 11.3. The Hall–Kier alpha value is -1.55. The number of hydrogen-bond donors (Lipinski definition) is 2. The minimum Gasteiger partial charge on any atom is -0.375 e. The molecular weight excluding hydrogens is 226 g/mol. The van der Waals surface area contributed by atoms with Crippen LogP contribution in [-0.2, 0) is 4.79 Å². The number of carbonyl (C=O) groups excluding carboxylic acids is 1. The Morgan fingerprint density at radius 2 is 1.94 bits per heavy atom. The first-order chi connectivity index (χ1) is 8.50. The zero-order valence-corrected chi connectivity index (χ0v) is 11.4. The monoisotopic (exact) mass is 249 g/mol. The zero-order chi connectivity index (χ0) is 13.5. The van der Waals surface area contributed by atoms with Crippen LogP contribution in [0, 0.1) is 0 Å². The van der Waals surface area contributed by atoms with Crippen molar-refractivity contribution in [2.24, 2.45) is 5.73 Å². The summed E-state index contributed by atoms with van der Waals surface area (Å²) in [4.78, 5) is 13.4. The number of carbonyl (C=O) groups is 1. The van der Waals surface area contributed by atoms with Crippen molar-refractivity contribution >= 4 is 11.6 Å². The van der Waals surface area contributed by atoms with E-state index in [9.17, 15) is 4.79 Å². The normalized spacial score (nSPS) is 12.4. The van der Waals surface area contributed by atoms with Crippen LogP contribution in [0.2, 0.25) is 0 Å². The van der Waals surface area contributed by atoms with Crippen molar-refractivity contribution in [2.45, 2.75) is 32.4 Å². The molecule has 0 aliphatic heterocycles. The van der Waals surface area contributed by atoms with Gasteiger partial charge in [0.2, 0.25) is 5.91 Å². The standard InChI is InChI=1S/C14H23N3O/c1-11(2)16-13(14(15)18)9-10-17(3)12-7-5-4-6-8-12/h4-8,11,13,16H,9-10H2,1-3H3,(H2,15,18). The lowest BCUT2D eigenvalue weighted by atomic mass is 10.1. The molecule has 0 aliphatic carbocycles. The molecule has 3 N–H and O–H groups in total. The third kappa shape index (κ3) is 4.75. The predicted octanol–water partition coefficient (Wildman–Crippen LogP) is 1.36. The lowest BCUT2D eigenvalue weighted by Crippen LogP contribution is -2.46. The average Bonchev–Trinajstić information content (AvgIpc) is 2.34. The van der Waals surface area contributed by atoms with Gasteiger partial charge in [-0.3, -0.25) is 4.79 Å². The quantitative estimate of drug-likeness (QED) is 0.767. The minimum absolute atomic E-state index is 0.254. The fraction of sp³-hybridized carbons (Fsp3) is 0.500. The lowest BCUT2D eigenvalue weighted by Gasteiger charge is -2.23. The van der Waals surface area contributed by atoms with E-state index in [0.717, 1.165) is 12.2 Å². The van der Waals surface area contributed by atoms with Gasteiger partial charge in [0.05, 0.1) is 6.04 Å². The van der Waals surface area contributed by atoms with E-state index in [-0.39, 0.29) is 18.0 Å². The summed E-state index contributed by atoms with van der Waals surface area (Å²) in [5, 5.41) is 3.18. The Morgan fingerprint density at radius 1 is 1.33 bits per heavy atom. The summed E-state index contributed by atoms with van der Waals surface area (Å²) in [6.45, 7) is 4.81. The lowest BCUT2D eigenvalue weighted by molar-refractivity contribution is -0.120. The van der Waals surface area contributed by atoms with Crippen LogP contribution in [0.1, 0.15) is 20.3 Å². The van der Waals surface area contributed by atoms with Crippen molar-refractivity contribution in [3.63, 3.8) is 0 Å². The molecule has 18 heavy (non-hydrogen) atoms. The van der Waals surface area contributed by atoms with E-state index < -0.39 is 0 Å². The van der Waals surface area contributed by atoms with E-state index in [1.165, 1.54) is 0 Å². The van der Waals surface area contributed by atoms with Crippen LogP contribution in [-0.4, -0.2) is 31.6 Å². The van der Waals surface area contributed by atoms with Crippen LogP contribution >= 0.6 is 0 Å². The molecule has 0 radical (unpaired) electrons. The van der Waals surface area contributed by atoms with Crippen molar-refractivity contribution in [3.05, 3.63) is 30.3 Å². The summed E-state index contributed by atoms with van der Waals surface area (Å²) in [6, 6.07) is 10.1. The number of primary amides is 1. The number of nitrogens with two attached hydrogens (primary N) is 1. The minimum atomic E-state index is -0.287. The van der Waals surface area contributed by atoms with Crippen molar-refractivity contribution in [2.75, 3.05) is 18.5 Å². The van der Waals surface area contributed by atoms with Gasteiger partial charge >= 0.3 is 0 Å². The number of para-hydroxylation sites is 1. The molecule has 1 rings (SSSR count). The Bertz CT molecular complexity index is 365. The number of benzene rings is 1. The van der Waals surface area contributed by atoms with Crippen molar-refractivity contribution < 1.29 is 4.79 Å². The van der Waals surface area contributed by atoms with Gasteiger partial charge in [-0.2, -0.15) is 0 Å². The fourth-order valence-electron chi connectivity index (χ4n) is 1.84. The number of anilines is 1. The molecule has 0 saturated heterocycles. The highest BCUT2D eigenvalue weighted by Crippen LogP contribution is 2.11. The Morgan fingerprint density at radius 3 is 2.44 bits per heavy atom. The molecule has 0 bridgehead atoms. The molecule has 100 valence electrons. The number of nitrogens with one attached hydrogen (secondary N) is 1. The van der Waals surface area contributed by atoms with Gasteiger partial charge in [0, 0.05) is 25.3 Å². The van der Waals surface area contributed by atoms with Gasteiger partial charge in [-0.1, -0.05) is 32.0 Å². The first kappa shape index (κ1) is 14.5. The van der Waals surface area contributed by atoms with Gasteiger partial charge in [-0.15, -0.1) is 0 Å². The molecule has 1 amide bonds. The summed E-state index contributed by atoms with van der Waals surface area (Å²) < 4.78 is 0. The van der Waals surface area contributed by atoms with Crippen molar-refractivity contribution in [1.82, 2.24) is 5.32 Å². The van der Waals surface area contributed by atoms with Gasteiger partial charge in [0.25, 0.3) is 0 Å². The summed E-state index contributed by atoms with van der Waals surface area (Å²) in [5.41, 5.74) is 6.53. The summed E-state index contributed by atoms with van der Waals surface area (Å²) in [7, 11) is 2.02. The predicted molar refractivity (Wildman–Crippen MR) is 75.6 cm³/mol. The van der Waals surface area contributed by atoms with Crippen LogP contribution in [0.3, 0.4) is 0 Å². The van der Waals surface area contributed by atoms with Crippen LogP contribution in [0.25, 0.3) is 0 Å². The highest BCUT2D eigenvalue weighted by molar-refractivity contribution is 5.79.